The summed E-state index contributed by atoms with van der Waals surface area (Å²) in [4.78, 5) is 19.2. The molecule has 138 valence electrons. The van der Waals surface area contributed by atoms with E-state index in [1.54, 1.807) is 23.2 Å². The molecule has 1 aromatic heterocycles. The highest BCUT2D eigenvalue weighted by Gasteiger charge is 2.33. The number of carbonyl (C=O) groups excluding carboxylic acids is 1. The standard InChI is InChI=1S/C21H25BrN2O2/c22-15-7-2-1-4-10-18-14-13-17-9-8-16-23-20(17)24(18)21(25)26-19-11-5-3-6-12-19/h3,5-6,8-9,11-12,16,18H,1-2,4,7,10,13-15H2. The highest BCUT2D eigenvalue weighted by molar-refractivity contribution is 9.09. The molecule has 1 aliphatic heterocycles. The van der Waals surface area contributed by atoms with E-state index in [-0.39, 0.29) is 12.1 Å². The number of ether oxygens (including phenoxy) is 1. The Bertz CT molecular complexity index is 708. The third-order valence-electron chi connectivity index (χ3n) is 4.77. The maximum absolute atomic E-state index is 12.9. The van der Waals surface area contributed by atoms with Crippen molar-refractivity contribution < 1.29 is 9.53 Å². The van der Waals surface area contributed by atoms with Gasteiger partial charge in [-0.3, -0.25) is 4.90 Å². The van der Waals surface area contributed by atoms with Gasteiger partial charge in [-0.05, 0) is 49.4 Å². The molecule has 0 saturated carbocycles. The van der Waals surface area contributed by atoms with Crippen LogP contribution in [0.3, 0.4) is 0 Å². The lowest BCUT2D eigenvalue weighted by molar-refractivity contribution is 0.202. The first-order valence-corrected chi connectivity index (χ1v) is 10.5. The first kappa shape index (κ1) is 18.9. The summed E-state index contributed by atoms with van der Waals surface area (Å²) in [7, 11) is 0. The van der Waals surface area contributed by atoms with Gasteiger partial charge >= 0.3 is 6.09 Å². The average molecular weight is 417 g/mol. The van der Waals surface area contributed by atoms with Gasteiger partial charge in [-0.2, -0.15) is 0 Å². The summed E-state index contributed by atoms with van der Waals surface area (Å²) >= 11 is 3.48. The van der Waals surface area contributed by atoms with E-state index in [0.29, 0.717) is 5.75 Å². The number of rotatable bonds is 7. The molecule has 4 nitrogen and oxygen atoms in total. The third kappa shape index (κ3) is 4.85. The molecule has 0 saturated heterocycles. The molecule has 0 spiro atoms. The molecule has 0 aliphatic carbocycles. The predicted molar refractivity (Wildman–Crippen MR) is 108 cm³/mol. The van der Waals surface area contributed by atoms with Crippen LogP contribution in [0.15, 0.2) is 48.7 Å². The van der Waals surface area contributed by atoms with Crippen LogP contribution < -0.4 is 9.64 Å². The van der Waals surface area contributed by atoms with Crippen molar-refractivity contribution in [1.82, 2.24) is 4.98 Å². The van der Waals surface area contributed by atoms with Crippen LogP contribution in [0.1, 0.15) is 44.1 Å². The number of para-hydroxylation sites is 1. The molecule has 5 heteroatoms. The van der Waals surface area contributed by atoms with E-state index < -0.39 is 0 Å². The summed E-state index contributed by atoms with van der Waals surface area (Å²) in [5, 5.41) is 1.06. The second kappa shape index (κ2) is 9.72. The Labute approximate surface area is 163 Å². The number of amides is 1. The number of alkyl halides is 1. The SMILES string of the molecule is O=C(Oc1ccccc1)N1c2ncccc2CCC1CCCCCCBr. The number of halogens is 1. The molecule has 1 aliphatic rings. The fourth-order valence-electron chi connectivity index (χ4n) is 3.44. The summed E-state index contributed by atoms with van der Waals surface area (Å²) in [6, 6.07) is 13.4. The Morgan fingerprint density at radius 3 is 2.73 bits per heavy atom. The molecule has 2 heterocycles. The Morgan fingerprint density at radius 2 is 1.92 bits per heavy atom. The summed E-state index contributed by atoms with van der Waals surface area (Å²) < 4.78 is 5.63. The highest BCUT2D eigenvalue weighted by Crippen LogP contribution is 2.32. The van der Waals surface area contributed by atoms with Crippen molar-refractivity contribution in [1.29, 1.82) is 0 Å². The lowest BCUT2D eigenvalue weighted by Gasteiger charge is -2.35. The number of benzene rings is 1. The number of pyridine rings is 1. The topological polar surface area (TPSA) is 42.4 Å². The van der Waals surface area contributed by atoms with Crippen LogP contribution in [0.2, 0.25) is 0 Å². The van der Waals surface area contributed by atoms with Gasteiger partial charge in [0.05, 0.1) is 0 Å². The second-order valence-electron chi connectivity index (χ2n) is 6.62. The number of carbonyl (C=O) groups is 1. The Hall–Kier alpha value is -1.88. The van der Waals surface area contributed by atoms with Crippen LogP contribution in [0.25, 0.3) is 0 Å². The van der Waals surface area contributed by atoms with Crippen molar-refractivity contribution >= 4 is 27.8 Å². The van der Waals surface area contributed by atoms with Gasteiger partial charge in [-0.25, -0.2) is 9.78 Å². The van der Waals surface area contributed by atoms with Gasteiger partial charge < -0.3 is 4.74 Å². The van der Waals surface area contributed by atoms with Gasteiger partial charge in [0.15, 0.2) is 0 Å². The monoisotopic (exact) mass is 416 g/mol. The van der Waals surface area contributed by atoms with Crippen molar-refractivity contribution in [3.05, 3.63) is 54.2 Å². The molecule has 3 rings (SSSR count). The number of hydrogen-bond acceptors (Lipinski definition) is 3. The number of aromatic nitrogens is 1. The molecule has 0 N–H and O–H groups in total. The third-order valence-corrected chi connectivity index (χ3v) is 5.33. The average Bonchev–Trinajstić information content (AvgIpc) is 2.68. The molecule has 0 bridgehead atoms. The van der Waals surface area contributed by atoms with E-state index in [2.05, 4.69) is 27.0 Å². The number of hydrogen-bond donors (Lipinski definition) is 0. The van der Waals surface area contributed by atoms with Crippen LogP contribution in [-0.4, -0.2) is 22.4 Å². The maximum Gasteiger partial charge on any atom is 0.421 e. The van der Waals surface area contributed by atoms with Gasteiger partial charge in [0.1, 0.15) is 11.6 Å². The second-order valence-corrected chi connectivity index (χ2v) is 7.41. The summed E-state index contributed by atoms with van der Waals surface area (Å²) in [6.45, 7) is 0. The smallest absolute Gasteiger partial charge is 0.410 e. The van der Waals surface area contributed by atoms with Gasteiger partial charge in [0.2, 0.25) is 0 Å². The van der Waals surface area contributed by atoms with Crippen molar-refractivity contribution in [2.45, 2.75) is 51.0 Å². The van der Waals surface area contributed by atoms with Crippen LogP contribution in [-0.2, 0) is 6.42 Å². The van der Waals surface area contributed by atoms with Gasteiger partial charge in [-0.15, -0.1) is 0 Å². The van der Waals surface area contributed by atoms with E-state index in [4.69, 9.17) is 4.74 Å². The molecule has 1 aromatic carbocycles. The van der Waals surface area contributed by atoms with Crippen LogP contribution >= 0.6 is 15.9 Å². The normalized spacial score (nSPS) is 16.2. The highest BCUT2D eigenvalue weighted by atomic mass is 79.9. The fraction of sp³-hybridized carbons (Fsp3) is 0.429. The summed E-state index contributed by atoms with van der Waals surface area (Å²) in [5.74, 6) is 1.32. The number of anilines is 1. The lowest BCUT2D eigenvalue weighted by Crippen LogP contribution is -2.45. The largest absolute Gasteiger partial charge is 0.421 e. The van der Waals surface area contributed by atoms with E-state index in [0.717, 1.165) is 42.4 Å². The Kier molecular flexibility index (Phi) is 7.06. The minimum Gasteiger partial charge on any atom is -0.410 e. The fourth-order valence-corrected chi connectivity index (χ4v) is 3.84. The zero-order chi connectivity index (χ0) is 18.2. The molecular weight excluding hydrogens is 392 g/mol. The van der Waals surface area contributed by atoms with Crippen LogP contribution in [0, 0.1) is 0 Å². The number of nitrogens with zero attached hydrogens (tertiary/aromatic N) is 2. The van der Waals surface area contributed by atoms with Gasteiger partial charge in [0.25, 0.3) is 0 Å². The van der Waals surface area contributed by atoms with E-state index >= 15 is 0 Å². The first-order valence-electron chi connectivity index (χ1n) is 9.35. The van der Waals surface area contributed by atoms with Crippen LogP contribution in [0.5, 0.6) is 5.75 Å². The van der Waals surface area contributed by atoms with E-state index in [1.165, 1.54) is 19.3 Å². The molecule has 1 unspecified atom stereocenters. The minimum absolute atomic E-state index is 0.151. The molecule has 0 fully saturated rings. The zero-order valence-corrected chi connectivity index (χ0v) is 16.5. The van der Waals surface area contributed by atoms with Crippen molar-refractivity contribution in [2.75, 3.05) is 10.2 Å². The van der Waals surface area contributed by atoms with E-state index in [1.807, 2.05) is 24.3 Å². The number of unbranched alkanes of at least 4 members (excludes halogenated alkanes) is 3. The Balaban J connectivity index is 1.72. The van der Waals surface area contributed by atoms with Crippen molar-refractivity contribution in [3.63, 3.8) is 0 Å². The molecule has 26 heavy (non-hydrogen) atoms. The minimum atomic E-state index is -0.332. The molecular formula is C21H25BrN2O2. The Morgan fingerprint density at radius 1 is 1.12 bits per heavy atom. The van der Waals surface area contributed by atoms with Crippen molar-refractivity contribution in [2.24, 2.45) is 0 Å². The van der Waals surface area contributed by atoms with Crippen LogP contribution in [0.4, 0.5) is 10.6 Å². The van der Waals surface area contributed by atoms with Gasteiger partial charge in [-0.1, -0.05) is 59.5 Å². The summed E-state index contributed by atoms with van der Waals surface area (Å²) in [6.07, 6.45) is 9.07. The lowest BCUT2D eigenvalue weighted by atomic mass is 9.95. The quantitative estimate of drug-likeness (QED) is 0.426. The predicted octanol–water partition coefficient (Wildman–Crippen LogP) is 5.75. The number of fused-ring (bicyclic) bond motifs is 1. The molecule has 0 radical (unpaired) electrons. The van der Waals surface area contributed by atoms with Crippen molar-refractivity contribution in [3.8, 4) is 5.75 Å². The maximum atomic E-state index is 12.9. The van der Waals surface area contributed by atoms with E-state index in [9.17, 15) is 4.79 Å². The summed E-state index contributed by atoms with van der Waals surface area (Å²) in [5.41, 5.74) is 1.12. The zero-order valence-electron chi connectivity index (χ0n) is 14.9. The number of aryl methyl sites for hydroxylation is 1. The van der Waals surface area contributed by atoms with Gasteiger partial charge in [0, 0.05) is 17.6 Å². The first-order chi connectivity index (χ1) is 12.8. The molecule has 1 amide bonds. The molecule has 1 atom stereocenters. The molecule has 2 aromatic rings.